The van der Waals surface area contributed by atoms with Crippen LogP contribution in [0.4, 0.5) is 5.69 Å². The third-order valence-electron chi connectivity index (χ3n) is 4.83. The highest BCUT2D eigenvalue weighted by molar-refractivity contribution is 5.97. The van der Waals surface area contributed by atoms with Crippen molar-refractivity contribution in [3.63, 3.8) is 0 Å². The molecule has 0 aliphatic heterocycles. The van der Waals surface area contributed by atoms with Gasteiger partial charge in [-0.2, -0.15) is 5.10 Å². The maximum atomic E-state index is 12.5. The number of hydrogen-bond donors (Lipinski definition) is 1. The molecular weight excluding hydrogens is 368 g/mol. The largest absolute Gasteiger partial charge is 0.339 e. The van der Waals surface area contributed by atoms with E-state index in [1.807, 2.05) is 19.9 Å². The van der Waals surface area contributed by atoms with Crippen molar-refractivity contribution < 1.29 is 9.59 Å². The predicted molar refractivity (Wildman–Crippen MR) is 113 cm³/mol. The lowest BCUT2D eigenvalue weighted by molar-refractivity contribution is -0.115. The summed E-state index contributed by atoms with van der Waals surface area (Å²) in [6.45, 7) is 5.17. The van der Waals surface area contributed by atoms with E-state index in [-0.39, 0.29) is 23.8 Å². The minimum Gasteiger partial charge on any atom is -0.339 e. The van der Waals surface area contributed by atoms with Crippen molar-refractivity contribution in [2.45, 2.75) is 20.3 Å². The van der Waals surface area contributed by atoms with Crippen molar-refractivity contribution in [2.24, 2.45) is 7.05 Å². The molecule has 0 aliphatic rings. The van der Waals surface area contributed by atoms with E-state index < -0.39 is 0 Å². The molecule has 3 aromatic rings. The molecule has 2 amide bonds. The Bertz CT molecular complexity index is 1100. The maximum Gasteiger partial charge on any atom is 0.274 e. The smallest absolute Gasteiger partial charge is 0.274 e. The lowest BCUT2D eigenvalue weighted by Gasteiger charge is -2.18. The topological polar surface area (TPSA) is 84.3 Å². The predicted octanol–water partition coefficient (Wildman–Crippen LogP) is 2.60. The van der Waals surface area contributed by atoms with Gasteiger partial charge in [-0.3, -0.25) is 14.4 Å². The molecule has 1 heterocycles. The number of benzene rings is 2. The Kier molecular flexibility index (Phi) is 6.07. The number of nitrogens with zero attached hydrogens (tertiary/aromatic N) is 3. The summed E-state index contributed by atoms with van der Waals surface area (Å²) >= 11 is 0. The molecule has 0 aliphatic carbocycles. The Morgan fingerprint density at radius 1 is 1.00 bits per heavy atom. The molecule has 7 heteroatoms. The second-order valence-electron chi connectivity index (χ2n) is 6.70. The average Bonchev–Trinajstić information content (AvgIpc) is 2.73. The molecule has 0 bridgehead atoms. The molecule has 29 heavy (non-hydrogen) atoms. The molecule has 1 N–H and O–H groups in total. The Hall–Kier alpha value is -3.48. The first-order valence-corrected chi connectivity index (χ1v) is 9.58. The van der Waals surface area contributed by atoms with Crippen molar-refractivity contribution in [1.82, 2.24) is 14.7 Å². The van der Waals surface area contributed by atoms with Crippen LogP contribution in [0.15, 0.2) is 53.3 Å². The van der Waals surface area contributed by atoms with Gasteiger partial charge in [-0.15, -0.1) is 0 Å². The van der Waals surface area contributed by atoms with E-state index in [2.05, 4.69) is 10.4 Å². The van der Waals surface area contributed by atoms with Gasteiger partial charge in [0.1, 0.15) is 0 Å². The Balaban J connectivity index is 1.75. The maximum absolute atomic E-state index is 12.5. The van der Waals surface area contributed by atoms with Crippen LogP contribution in [0.3, 0.4) is 0 Å². The molecule has 0 saturated heterocycles. The number of fused-ring (bicyclic) bond motifs is 1. The van der Waals surface area contributed by atoms with E-state index >= 15 is 0 Å². The molecule has 0 atom stereocenters. The number of amides is 2. The van der Waals surface area contributed by atoms with Gasteiger partial charge in [0.05, 0.1) is 17.5 Å². The first-order valence-electron chi connectivity index (χ1n) is 9.58. The Labute approximate surface area is 169 Å². The van der Waals surface area contributed by atoms with Gasteiger partial charge in [0.2, 0.25) is 5.91 Å². The van der Waals surface area contributed by atoms with Crippen LogP contribution in [0, 0.1) is 0 Å². The molecule has 0 spiro atoms. The molecule has 1 aromatic heterocycles. The van der Waals surface area contributed by atoms with Gasteiger partial charge in [-0.05, 0) is 44.2 Å². The highest BCUT2D eigenvalue weighted by Crippen LogP contribution is 2.15. The van der Waals surface area contributed by atoms with Crippen molar-refractivity contribution >= 4 is 28.3 Å². The van der Waals surface area contributed by atoms with Crippen LogP contribution in [0.1, 0.15) is 29.9 Å². The average molecular weight is 392 g/mol. The Morgan fingerprint density at radius 2 is 1.62 bits per heavy atom. The summed E-state index contributed by atoms with van der Waals surface area (Å²) in [5.41, 5.74) is 1.52. The molecule has 0 saturated carbocycles. The molecule has 2 aromatic carbocycles. The van der Waals surface area contributed by atoms with Crippen molar-refractivity contribution in [3.8, 4) is 0 Å². The summed E-state index contributed by atoms with van der Waals surface area (Å²) in [6.07, 6.45) is 0.0365. The molecular formula is C22H24N4O3. The first kappa shape index (κ1) is 20.3. The van der Waals surface area contributed by atoms with E-state index in [9.17, 15) is 14.4 Å². The monoisotopic (exact) mass is 392 g/mol. The van der Waals surface area contributed by atoms with Crippen LogP contribution in [-0.4, -0.2) is 39.6 Å². The third kappa shape index (κ3) is 4.34. The minimum atomic E-state index is -0.246. The molecule has 0 fully saturated rings. The van der Waals surface area contributed by atoms with Crippen LogP contribution < -0.4 is 10.9 Å². The van der Waals surface area contributed by atoms with Gasteiger partial charge < -0.3 is 10.2 Å². The number of aromatic nitrogens is 2. The number of nitrogens with one attached hydrogen (secondary N) is 1. The Morgan fingerprint density at radius 3 is 2.24 bits per heavy atom. The summed E-state index contributed by atoms with van der Waals surface area (Å²) in [5.74, 6) is -0.280. The zero-order chi connectivity index (χ0) is 21.0. The molecule has 0 radical (unpaired) electrons. The zero-order valence-corrected chi connectivity index (χ0v) is 16.8. The lowest BCUT2D eigenvalue weighted by Crippen LogP contribution is -2.30. The number of anilines is 1. The summed E-state index contributed by atoms with van der Waals surface area (Å²) in [5, 5.41) is 8.28. The first-order chi connectivity index (χ1) is 13.9. The fraction of sp³-hybridized carbons (Fsp3) is 0.273. The van der Waals surface area contributed by atoms with Gasteiger partial charge in [0, 0.05) is 36.8 Å². The zero-order valence-electron chi connectivity index (χ0n) is 16.8. The van der Waals surface area contributed by atoms with E-state index in [0.29, 0.717) is 40.8 Å². The number of hydrogen-bond acceptors (Lipinski definition) is 4. The van der Waals surface area contributed by atoms with Crippen LogP contribution in [0.25, 0.3) is 10.8 Å². The van der Waals surface area contributed by atoms with Crippen molar-refractivity contribution in [2.75, 3.05) is 18.4 Å². The van der Waals surface area contributed by atoms with Crippen LogP contribution in [0.2, 0.25) is 0 Å². The summed E-state index contributed by atoms with van der Waals surface area (Å²) < 4.78 is 1.25. The number of carbonyl (C=O) groups excluding carboxylic acids is 2. The highest BCUT2D eigenvalue weighted by atomic mass is 16.2. The van der Waals surface area contributed by atoms with Crippen molar-refractivity contribution in [3.05, 3.63) is 70.1 Å². The summed E-state index contributed by atoms with van der Waals surface area (Å²) in [7, 11) is 1.57. The van der Waals surface area contributed by atoms with E-state index in [4.69, 9.17) is 0 Å². The lowest BCUT2D eigenvalue weighted by atomic mass is 10.1. The number of carbonyl (C=O) groups is 2. The number of rotatable bonds is 6. The van der Waals surface area contributed by atoms with Crippen LogP contribution >= 0.6 is 0 Å². The van der Waals surface area contributed by atoms with E-state index in [0.717, 1.165) is 0 Å². The van der Waals surface area contributed by atoms with Gasteiger partial charge in [0.25, 0.3) is 11.5 Å². The van der Waals surface area contributed by atoms with Crippen LogP contribution in [0.5, 0.6) is 0 Å². The normalized spacial score (nSPS) is 10.7. The fourth-order valence-electron chi connectivity index (χ4n) is 3.25. The second-order valence-corrected chi connectivity index (χ2v) is 6.70. The molecule has 3 rings (SSSR count). The van der Waals surface area contributed by atoms with Gasteiger partial charge in [0.15, 0.2) is 0 Å². The summed E-state index contributed by atoms with van der Waals surface area (Å²) in [4.78, 5) is 38.8. The third-order valence-corrected chi connectivity index (χ3v) is 4.83. The van der Waals surface area contributed by atoms with Crippen molar-refractivity contribution in [1.29, 1.82) is 0 Å². The van der Waals surface area contributed by atoms with Gasteiger partial charge in [-0.25, -0.2) is 4.68 Å². The quantitative estimate of drug-likeness (QED) is 0.699. The van der Waals surface area contributed by atoms with E-state index in [1.54, 1.807) is 54.4 Å². The molecule has 0 unspecified atom stereocenters. The van der Waals surface area contributed by atoms with Gasteiger partial charge >= 0.3 is 0 Å². The minimum absolute atomic E-state index is 0.0336. The van der Waals surface area contributed by atoms with E-state index in [1.165, 1.54) is 4.68 Å². The standard InChI is InChI=1S/C22H24N4O3/c1-4-26(5-2)21(28)15-10-12-16(13-11-15)23-20(27)14-19-17-8-6-7-9-18(17)22(29)25(3)24-19/h6-13H,4-5,14H2,1-3H3,(H,23,27). The van der Waals surface area contributed by atoms with Crippen LogP contribution in [-0.2, 0) is 18.3 Å². The summed E-state index contributed by atoms with van der Waals surface area (Å²) in [6, 6.07) is 13.9. The highest BCUT2D eigenvalue weighted by Gasteiger charge is 2.14. The SMILES string of the molecule is CCN(CC)C(=O)c1ccc(NC(=O)Cc2nn(C)c(=O)c3ccccc23)cc1. The fourth-order valence-corrected chi connectivity index (χ4v) is 3.25. The number of aryl methyl sites for hydroxylation is 1. The molecule has 150 valence electrons. The van der Waals surface area contributed by atoms with Gasteiger partial charge in [-0.1, -0.05) is 18.2 Å². The second kappa shape index (κ2) is 8.68. The molecule has 7 nitrogen and oxygen atoms in total.